The van der Waals surface area contributed by atoms with Crippen molar-refractivity contribution >= 4 is 0 Å². The summed E-state index contributed by atoms with van der Waals surface area (Å²) in [6.45, 7) is 10.2. The topological polar surface area (TPSA) is 32.3 Å². The molecule has 1 fully saturated rings. The lowest BCUT2D eigenvalue weighted by atomic mass is 9.81. The molecule has 2 heteroatoms. The highest BCUT2D eigenvalue weighted by Gasteiger charge is 2.25. The number of nitrogens with one attached hydrogen (secondary N) is 1. The van der Waals surface area contributed by atoms with E-state index >= 15 is 0 Å². The second kappa shape index (κ2) is 6.75. The zero-order chi connectivity index (χ0) is 12.9. The molecule has 2 nitrogen and oxygen atoms in total. The lowest BCUT2D eigenvalue weighted by Gasteiger charge is -2.31. The maximum Gasteiger partial charge on any atom is 0.0766 e. The third-order valence-electron chi connectivity index (χ3n) is 4.70. The second-order valence-electron chi connectivity index (χ2n) is 6.44. The van der Waals surface area contributed by atoms with Crippen molar-refractivity contribution in [1.82, 2.24) is 5.32 Å². The van der Waals surface area contributed by atoms with Crippen LogP contribution in [0.2, 0.25) is 0 Å². The molecule has 1 aliphatic rings. The van der Waals surface area contributed by atoms with Crippen molar-refractivity contribution in [1.29, 1.82) is 0 Å². The first-order valence-corrected chi connectivity index (χ1v) is 7.38. The first-order chi connectivity index (χ1) is 7.95. The van der Waals surface area contributed by atoms with E-state index in [2.05, 4.69) is 26.1 Å². The van der Waals surface area contributed by atoms with E-state index in [1.165, 1.54) is 32.1 Å². The van der Waals surface area contributed by atoms with Crippen LogP contribution in [0.4, 0.5) is 0 Å². The van der Waals surface area contributed by atoms with Gasteiger partial charge in [-0.15, -0.1) is 0 Å². The molecule has 102 valence electrons. The average Bonchev–Trinajstić information content (AvgIpc) is 2.29. The third-order valence-corrected chi connectivity index (χ3v) is 4.70. The Hall–Kier alpha value is -0.0800. The van der Waals surface area contributed by atoms with Crippen LogP contribution in [0.15, 0.2) is 0 Å². The molecule has 0 spiro atoms. The highest BCUT2D eigenvalue weighted by Crippen LogP contribution is 2.30. The fourth-order valence-corrected chi connectivity index (χ4v) is 2.58. The molecule has 0 amide bonds. The second-order valence-corrected chi connectivity index (χ2v) is 6.44. The quantitative estimate of drug-likeness (QED) is 0.748. The van der Waals surface area contributed by atoms with Gasteiger partial charge in [-0.25, -0.2) is 0 Å². The van der Waals surface area contributed by atoms with Gasteiger partial charge < -0.3 is 10.4 Å². The van der Waals surface area contributed by atoms with E-state index in [0.29, 0.717) is 5.92 Å². The Morgan fingerprint density at radius 2 is 1.71 bits per heavy atom. The number of hydrogen-bond donors (Lipinski definition) is 2. The molecular formula is C15H31NO. The van der Waals surface area contributed by atoms with Crippen LogP contribution in [0.3, 0.4) is 0 Å². The fourth-order valence-electron chi connectivity index (χ4n) is 2.58. The largest absolute Gasteiger partial charge is 0.389 e. The molecule has 2 N–H and O–H groups in total. The van der Waals surface area contributed by atoms with Gasteiger partial charge in [-0.05, 0) is 44.1 Å². The Balaban J connectivity index is 2.16. The van der Waals surface area contributed by atoms with Gasteiger partial charge in [0.1, 0.15) is 0 Å². The molecule has 0 saturated heterocycles. The van der Waals surface area contributed by atoms with Gasteiger partial charge in [0.25, 0.3) is 0 Å². The van der Waals surface area contributed by atoms with Crippen molar-refractivity contribution < 1.29 is 5.11 Å². The molecule has 0 heterocycles. The Morgan fingerprint density at radius 3 is 2.18 bits per heavy atom. The third kappa shape index (κ3) is 4.97. The Kier molecular flexibility index (Phi) is 5.94. The summed E-state index contributed by atoms with van der Waals surface area (Å²) in [7, 11) is 0. The van der Waals surface area contributed by atoms with Crippen molar-refractivity contribution in [3.8, 4) is 0 Å². The molecule has 1 saturated carbocycles. The zero-order valence-corrected chi connectivity index (χ0v) is 12.1. The lowest BCUT2D eigenvalue weighted by Crippen LogP contribution is -2.43. The standard InChI is InChI=1S/C15H31NO/c1-5-13-6-8-14(9-7-13)10-16-11-15(4,17)12(2)3/h12-14,16-17H,5-11H2,1-4H3. The van der Waals surface area contributed by atoms with Crippen molar-refractivity contribution in [3.63, 3.8) is 0 Å². The molecule has 1 rings (SSSR count). The maximum atomic E-state index is 10.1. The van der Waals surface area contributed by atoms with Gasteiger partial charge in [-0.3, -0.25) is 0 Å². The van der Waals surface area contributed by atoms with Crippen LogP contribution >= 0.6 is 0 Å². The predicted molar refractivity (Wildman–Crippen MR) is 74.1 cm³/mol. The normalized spacial score (nSPS) is 29.3. The van der Waals surface area contributed by atoms with E-state index in [4.69, 9.17) is 0 Å². The van der Waals surface area contributed by atoms with Gasteiger partial charge in [-0.2, -0.15) is 0 Å². The summed E-state index contributed by atoms with van der Waals surface area (Å²) in [6, 6.07) is 0. The van der Waals surface area contributed by atoms with Crippen LogP contribution in [0.25, 0.3) is 0 Å². The van der Waals surface area contributed by atoms with Gasteiger partial charge >= 0.3 is 0 Å². The molecule has 0 radical (unpaired) electrons. The van der Waals surface area contributed by atoms with Crippen LogP contribution in [0.5, 0.6) is 0 Å². The summed E-state index contributed by atoms with van der Waals surface area (Å²) in [5, 5.41) is 13.6. The summed E-state index contributed by atoms with van der Waals surface area (Å²) >= 11 is 0. The zero-order valence-electron chi connectivity index (χ0n) is 12.1. The summed E-state index contributed by atoms with van der Waals surface area (Å²) in [5.41, 5.74) is -0.569. The highest BCUT2D eigenvalue weighted by molar-refractivity contribution is 4.80. The van der Waals surface area contributed by atoms with Gasteiger partial charge in [0.05, 0.1) is 5.60 Å². The summed E-state index contributed by atoms with van der Waals surface area (Å²) in [4.78, 5) is 0. The molecule has 0 aromatic carbocycles. The summed E-state index contributed by atoms with van der Waals surface area (Å²) in [6.07, 6.45) is 6.90. The molecule has 1 aliphatic carbocycles. The molecule has 0 aromatic heterocycles. The minimum atomic E-state index is -0.569. The SMILES string of the molecule is CCC1CCC(CNCC(C)(O)C(C)C)CC1. The van der Waals surface area contributed by atoms with Crippen LogP contribution in [-0.2, 0) is 0 Å². The molecular weight excluding hydrogens is 210 g/mol. The van der Waals surface area contributed by atoms with Crippen LogP contribution in [0.1, 0.15) is 59.8 Å². The van der Waals surface area contributed by atoms with Gasteiger partial charge in [0, 0.05) is 6.54 Å². The maximum absolute atomic E-state index is 10.1. The summed E-state index contributed by atoms with van der Waals surface area (Å²) in [5.74, 6) is 2.12. The van der Waals surface area contributed by atoms with E-state index in [-0.39, 0.29) is 0 Å². The first kappa shape index (κ1) is 15.0. The molecule has 1 unspecified atom stereocenters. The fraction of sp³-hybridized carbons (Fsp3) is 1.00. The monoisotopic (exact) mass is 241 g/mol. The highest BCUT2D eigenvalue weighted by atomic mass is 16.3. The van der Waals surface area contributed by atoms with E-state index in [1.807, 2.05) is 6.92 Å². The molecule has 17 heavy (non-hydrogen) atoms. The summed E-state index contributed by atoms with van der Waals surface area (Å²) < 4.78 is 0. The first-order valence-electron chi connectivity index (χ1n) is 7.38. The van der Waals surface area contributed by atoms with Crippen LogP contribution in [-0.4, -0.2) is 23.8 Å². The van der Waals surface area contributed by atoms with Gasteiger partial charge in [0.15, 0.2) is 0 Å². The Labute approximate surface area is 107 Å². The Bertz CT molecular complexity index is 205. The minimum Gasteiger partial charge on any atom is -0.389 e. The molecule has 0 bridgehead atoms. The van der Waals surface area contributed by atoms with Crippen molar-refractivity contribution in [2.24, 2.45) is 17.8 Å². The van der Waals surface area contributed by atoms with Crippen LogP contribution < -0.4 is 5.32 Å². The smallest absolute Gasteiger partial charge is 0.0766 e. The average molecular weight is 241 g/mol. The number of rotatable bonds is 6. The molecule has 0 aromatic rings. The van der Waals surface area contributed by atoms with Crippen molar-refractivity contribution in [2.75, 3.05) is 13.1 Å². The van der Waals surface area contributed by atoms with E-state index < -0.39 is 5.60 Å². The number of aliphatic hydroxyl groups is 1. The Morgan fingerprint density at radius 1 is 1.18 bits per heavy atom. The van der Waals surface area contributed by atoms with Gasteiger partial charge in [0.2, 0.25) is 0 Å². The van der Waals surface area contributed by atoms with E-state index in [0.717, 1.165) is 24.9 Å². The van der Waals surface area contributed by atoms with E-state index in [1.54, 1.807) is 0 Å². The van der Waals surface area contributed by atoms with Crippen LogP contribution in [0, 0.1) is 17.8 Å². The number of hydrogen-bond acceptors (Lipinski definition) is 2. The molecule has 0 aliphatic heterocycles. The predicted octanol–water partition coefficient (Wildman–Crippen LogP) is 3.20. The van der Waals surface area contributed by atoms with Crippen molar-refractivity contribution in [3.05, 3.63) is 0 Å². The minimum absolute atomic E-state index is 0.311. The molecule has 1 atom stereocenters. The van der Waals surface area contributed by atoms with Gasteiger partial charge in [-0.1, -0.05) is 40.0 Å². The van der Waals surface area contributed by atoms with E-state index in [9.17, 15) is 5.11 Å². The lowest BCUT2D eigenvalue weighted by molar-refractivity contribution is 0.0131. The van der Waals surface area contributed by atoms with Crippen molar-refractivity contribution in [2.45, 2.75) is 65.4 Å².